The third-order valence-electron chi connectivity index (χ3n) is 2.70. The molecular weight excluding hydrogens is 276 g/mol. The number of aromatic nitrogens is 2. The van der Waals surface area contributed by atoms with E-state index in [0.29, 0.717) is 25.0 Å². The van der Waals surface area contributed by atoms with E-state index in [4.69, 9.17) is 15.3 Å². The lowest BCUT2D eigenvalue weighted by atomic mass is 10.3. The lowest BCUT2D eigenvalue weighted by Gasteiger charge is -2.08. The van der Waals surface area contributed by atoms with Crippen LogP contribution in [0, 0.1) is 0 Å². The monoisotopic (exact) mass is 296 g/mol. The van der Waals surface area contributed by atoms with Crippen molar-refractivity contribution in [3.63, 3.8) is 0 Å². The predicted molar refractivity (Wildman–Crippen MR) is 81.2 cm³/mol. The first-order valence-corrected chi connectivity index (χ1v) is 7.57. The van der Waals surface area contributed by atoms with Crippen molar-refractivity contribution in [2.24, 2.45) is 5.84 Å². The van der Waals surface area contributed by atoms with Crippen LogP contribution in [0.3, 0.4) is 0 Å². The summed E-state index contributed by atoms with van der Waals surface area (Å²) in [4.78, 5) is 10.7. The molecule has 0 fully saturated rings. The number of nitrogens with zero attached hydrogens (tertiary/aromatic N) is 2. The standard InChI is InChI=1S/C13H20N4O2S/c1-3-5-18-6-7-19-11-10-8-9(4-2)20-12(10)16-13(15-11)17-14/h8H,3-7,14H2,1-2H3,(H,15,16,17). The molecule has 0 aliphatic heterocycles. The minimum Gasteiger partial charge on any atom is -0.475 e. The molecule has 0 aliphatic rings. The zero-order chi connectivity index (χ0) is 14.4. The Morgan fingerprint density at radius 3 is 2.80 bits per heavy atom. The molecule has 0 aliphatic carbocycles. The average molecular weight is 296 g/mol. The van der Waals surface area contributed by atoms with Crippen LogP contribution in [0.2, 0.25) is 0 Å². The highest BCUT2D eigenvalue weighted by Gasteiger charge is 2.12. The number of ether oxygens (including phenoxy) is 2. The molecule has 2 heterocycles. The topological polar surface area (TPSA) is 82.3 Å². The van der Waals surface area contributed by atoms with Crippen molar-refractivity contribution in [1.29, 1.82) is 0 Å². The smallest absolute Gasteiger partial charge is 0.241 e. The Kier molecular flexibility index (Phi) is 5.51. The van der Waals surface area contributed by atoms with Crippen molar-refractivity contribution in [2.75, 3.05) is 25.2 Å². The van der Waals surface area contributed by atoms with E-state index in [9.17, 15) is 0 Å². The van der Waals surface area contributed by atoms with Crippen LogP contribution in [0.1, 0.15) is 25.1 Å². The number of hydrogen-bond acceptors (Lipinski definition) is 7. The van der Waals surface area contributed by atoms with Crippen molar-refractivity contribution >= 4 is 27.5 Å². The molecule has 0 aromatic carbocycles. The van der Waals surface area contributed by atoms with Crippen molar-refractivity contribution in [3.8, 4) is 5.88 Å². The molecule has 0 saturated carbocycles. The number of nitrogen functional groups attached to an aromatic ring is 1. The first-order valence-electron chi connectivity index (χ1n) is 6.76. The van der Waals surface area contributed by atoms with Crippen LogP contribution < -0.4 is 16.0 Å². The molecule has 0 atom stereocenters. The van der Waals surface area contributed by atoms with Crippen LogP contribution in [0.5, 0.6) is 5.88 Å². The normalized spacial score (nSPS) is 10.9. The van der Waals surface area contributed by atoms with E-state index in [1.54, 1.807) is 11.3 Å². The maximum atomic E-state index is 5.70. The maximum Gasteiger partial charge on any atom is 0.241 e. The molecule has 2 aromatic rings. The number of hydrazine groups is 1. The van der Waals surface area contributed by atoms with Gasteiger partial charge in [-0.05, 0) is 18.9 Å². The van der Waals surface area contributed by atoms with Crippen molar-refractivity contribution < 1.29 is 9.47 Å². The molecule has 6 nitrogen and oxygen atoms in total. The van der Waals surface area contributed by atoms with Gasteiger partial charge in [0.05, 0.1) is 12.0 Å². The molecule has 3 N–H and O–H groups in total. The lowest BCUT2D eigenvalue weighted by molar-refractivity contribution is 0.0996. The Hall–Kier alpha value is -1.44. The van der Waals surface area contributed by atoms with Gasteiger partial charge < -0.3 is 9.47 Å². The summed E-state index contributed by atoms with van der Waals surface area (Å²) in [7, 11) is 0. The van der Waals surface area contributed by atoms with Gasteiger partial charge in [-0.25, -0.2) is 10.8 Å². The fraction of sp³-hybridized carbons (Fsp3) is 0.538. The minimum absolute atomic E-state index is 0.367. The van der Waals surface area contributed by atoms with E-state index in [2.05, 4.69) is 35.3 Å². The Balaban J connectivity index is 2.14. The second-order valence-corrected chi connectivity index (χ2v) is 5.36. The summed E-state index contributed by atoms with van der Waals surface area (Å²) >= 11 is 1.63. The van der Waals surface area contributed by atoms with Gasteiger partial charge >= 0.3 is 0 Å². The number of hydrogen-bond donors (Lipinski definition) is 2. The van der Waals surface area contributed by atoms with Gasteiger partial charge in [0.15, 0.2) is 0 Å². The number of anilines is 1. The Labute approximate surface area is 122 Å². The minimum atomic E-state index is 0.367. The van der Waals surface area contributed by atoms with Crippen LogP contribution in [0.4, 0.5) is 5.95 Å². The van der Waals surface area contributed by atoms with Crippen molar-refractivity contribution in [2.45, 2.75) is 26.7 Å². The SMILES string of the molecule is CCCOCCOc1nc(NN)nc2sc(CC)cc12. The summed E-state index contributed by atoms with van der Waals surface area (Å²) in [5.41, 5.74) is 2.47. The van der Waals surface area contributed by atoms with Gasteiger partial charge in [0, 0.05) is 11.5 Å². The molecule has 0 unspecified atom stereocenters. The maximum absolute atomic E-state index is 5.70. The Morgan fingerprint density at radius 2 is 2.10 bits per heavy atom. The van der Waals surface area contributed by atoms with Crippen LogP contribution in [-0.2, 0) is 11.2 Å². The molecule has 0 saturated heterocycles. The van der Waals surface area contributed by atoms with E-state index in [0.717, 1.165) is 29.7 Å². The fourth-order valence-electron chi connectivity index (χ4n) is 1.74. The summed E-state index contributed by atoms with van der Waals surface area (Å²) in [6, 6.07) is 2.07. The van der Waals surface area contributed by atoms with Crippen molar-refractivity contribution in [1.82, 2.24) is 9.97 Å². The largest absolute Gasteiger partial charge is 0.475 e. The summed E-state index contributed by atoms with van der Waals surface area (Å²) in [6.45, 7) is 5.95. The average Bonchev–Trinajstić information content (AvgIpc) is 2.89. The van der Waals surface area contributed by atoms with Crippen LogP contribution in [0.15, 0.2) is 6.07 Å². The highest BCUT2D eigenvalue weighted by molar-refractivity contribution is 7.18. The number of nitrogens with one attached hydrogen (secondary N) is 1. The zero-order valence-electron chi connectivity index (χ0n) is 11.8. The zero-order valence-corrected chi connectivity index (χ0v) is 12.6. The lowest BCUT2D eigenvalue weighted by Crippen LogP contribution is -2.12. The molecule has 0 radical (unpaired) electrons. The second-order valence-electron chi connectivity index (χ2n) is 4.24. The third-order valence-corrected chi connectivity index (χ3v) is 3.87. The van der Waals surface area contributed by atoms with E-state index >= 15 is 0 Å². The van der Waals surface area contributed by atoms with Crippen LogP contribution >= 0.6 is 11.3 Å². The molecule has 0 amide bonds. The van der Waals surface area contributed by atoms with Crippen LogP contribution in [0.25, 0.3) is 10.2 Å². The van der Waals surface area contributed by atoms with Crippen molar-refractivity contribution in [3.05, 3.63) is 10.9 Å². The van der Waals surface area contributed by atoms with Gasteiger partial charge in [-0.15, -0.1) is 11.3 Å². The quantitative estimate of drug-likeness (QED) is 0.442. The van der Waals surface area contributed by atoms with Crippen LogP contribution in [-0.4, -0.2) is 29.8 Å². The summed E-state index contributed by atoms with van der Waals surface area (Å²) in [5.74, 6) is 6.31. The van der Waals surface area contributed by atoms with E-state index < -0.39 is 0 Å². The van der Waals surface area contributed by atoms with E-state index in [-0.39, 0.29) is 0 Å². The summed E-state index contributed by atoms with van der Waals surface area (Å²) < 4.78 is 11.1. The van der Waals surface area contributed by atoms with Gasteiger partial charge in [-0.1, -0.05) is 13.8 Å². The second kappa shape index (κ2) is 7.37. The molecule has 20 heavy (non-hydrogen) atoms. The number of aryl methyl sites for hydroxylation is 1. The van der Waals surface area contributed by atoms with Gasteiger partial charge in [-0.3, -0.25) is 5.43 Å². The van der Waals surface area contributed by atoms with E-state index in [1.165, 1.54) is 4.88 Å². The van der Waals surface area contributed by atoms with E-state index in [1.807, 2.05) is 0 Å². The van der Waals surface area contributed by atoms with Gasteiger partial charge in [-0.2, -0.15) is 4.98 Å². The number of nitrogens with two attached hydrogens (primary N) is 1. The highest BCUT2D eigenvalue weighted by atomic mass is 32.1. The first kappa shape index (κ1) is 15.0. The summed E-state index contributed by atoms with van der Waals surface area (Å²) in [6.07, 6.45) is 1.97. The predicted octanol–water partition coefficient (Wildman–Crippen LogP) is 2.34. The number of thiophene rings is 1. The van der Waals surface area contributed by atoms with Gasteiger partial charge in [0.1, 0.15) is 11.4 Å². The number of rotatable bonds is 8. The molecule has 110 valence electrons. The Bertz CT molecular complexity index is 559. The van der Waals surface area contributed by atoms with Gasteiger partial charge in [0.2, 0.25) is 11.8 Å². The molecule has 7 heteroatoms. The first-order chi connectivity index (χ1) is 9.78. The molecule has 2 rings (SSSR count). The number of fused-ring (bicyclic) bond motifs is 1. The fourth-order valence-corrected chi connectivity index (χ4v) is 2.70. The molecule has 0 bridgehead atoms. The highest BCUT2D eigenvalue weighted by Crippen LogP contribution is 2.31. The molecule has 2 aromatic heterocycles. The Morgan fingerprint density at radius 1 is 1.25 bits per heavy atom. The summed E-state index contributed by atoms with van der Waals surface area (Å²) in [5, 5.41) is 0.932. The van der Waals surface area contributed by atoms with Gasteiger partial charge in [0.25, 0.3) is 0 Å². The third kappa shape index (κ3) is 3.56. The molecule has 0 spiro atoms. The molecular formula is C13H20N4O2S.